The zero-order chi connectivity index (χ0) is 9.80. The Morgan fingerprint density at radius 2 is 2.00 bits per heavy atom. The van der Waals surface area contributed by atoms with Gasteiger partial charge in [0.1, 0.15) is 0 Å². The van der Waals surface area contributed by atoms with Crippen LogP contribution in [0.15, 0.2) is 0 Å². The molecule has 0 aromatic carbocycles. The van der Waals surface area contributed by atoms with Crippen molar-refractivity contribution in [2.24, 2.45) is 0 Å². The molecule has 82 valence electrons. The van der Waals surface area contributed by atoms with E-state index in [1.807, 2.05) is 7.11 Å². The molecule has 1 aliphatic heterocycles. The minimum absolute atomic E-state index is 0.524. The number of rotatable bonds is 3. The van der Waals surface area contributed by atoms with E-state index >= 15 is 0 Å². The summed E-state index contributed by atoms with van der Waals surface area (Å²) in [5.74, 6) is 0. The molecular weight excluding hydrogens is 176 g/mol. The van der Waals surface area contributed by atoms with E-state index in [0.29, 0.717) is 6.10 Å². The predicted octanol–water partition coefficient (Wildman–Crippen LogP) is 0.895. The van der Waals surface area contributed by atoms with Crippen LogP contribution in [-0.2, 0) is 4.74 Å². The highest BCUT2D eigenvalue weighted by molar-refractivity contribution is 4.88. The van der Waals surface area contributed by atoms with Crippen molar-refractivity contribution in [2.75, 3.05) is 20.2 Å². The van der Waals surface area contributed by atoms with Crippen LogP contribution in [0, 0.1) is 0 Å². The molecule has 0 radical (unpaired) electrons. The predicted molar refractivity (Wildman–Crippen MR) is 57.5 cm³/mol. The van der Waals surface area contributed by atoms with Crippen LogP contribution in [0.4, 0.5) is 0 Å². The molecule has 2 fully saturated rings. The Balaban J connectivity index is 1.64. The van der Waals surface area contributed by atoms with Gasteiger partial charge in [0.05, 0.1) is 6.10 Å². The van der Waals surface area contributed by atoms with E-state index in [1.54, 1.807) is 0 Å². The molecule has 1 aliphatic carbocycles. The van der Waals surface area contributed by atoms with Gasteiger partial charge in [0.2, 0.25) is 0 Å². The van der Waals surface area contributed by atoms with Crippen molar-refractivity contribution in [1.29, 1.82) is 0 Å². The molecule has 3 heteroatoms. The van der Waals surface area contributed by atoms with Crippen molar-refractivity contribution in [3.8, 4) is 0 Å². The smallest absolute Gasteiger partial charge is 0.0601 e. The number of hydrogen-bond donors (Lipinski definition) is 2. The zero-order valence-corrected chi connectivity index (χ0v) is 9.09. The third kappa shape index (κ3) is 2.69. The molecule has 0 aromatic heterocycles. The second kappa shape index (κ2) is 5.10. The Morgan fingerprint density at radius 3 is 2.79 bits per heavy atom. The monoisotopic (exact) mass is 198 g/mol. The van der Waals surface area contributed by atoms with Crippen molar-refractivity contribution >= 4 is 0 Å². The van der Waals surface area contributed by atoms with Crippen molar-refractivity contribution in [3.63, 3.8) is 0 Å². The molecule has 1 heterocycles. The van der Waals surface area contributed by atoms with E-state index in [0.717, 1.165) is 12.1 Å². The summed E-state index contributed by atoms with van der Waals surface area (Å²) >= 11 is 0. The maximum atomic E-state index is 5.28. The molecule has 1 unspecified atom stereocenters. The van der Waals surface area contributed by atoms with Gasteiger partial charge in [-0.25, -0.2) is 0 Å². The minimum atomic E-state index is 0.524. The average Bonchev–Trinajstić information content (AvgIpc) is 2.38. The second-order valence-corrected chi connectivity index (χ2v) is 4.57. The first-order valence-corrected chi connectivity index (χ1v) is 5.88. The SMILES string of the molecule is COC1CC(NC2CCCNCC2)C1. The van der Waals surface area contributed by atoms with Gasteiger partial charge in [-0.2, -0.15) is 0 Å². The molecule has 2 aliphatic rings. The largest absolute Gasteiger partial charge is 0.381 e. The summed E-state index contributed by atoms with van der Waals surface area (Å²) in [6.07, 6.45) is 6.88. The fourth-order valence-electron chi connectivity index (χ4n) is 2.41. The molecule has 2 rings (SSSR count). The van der Waals surface area contributed by atoms with Gasteiger partial charge in [0.15, 0.2) is 0 Å². The number of ether oxygens (including phenoxy) is 1. The molecule has 1 saturated heterocycles. The lowest BCUT2D eigenvalue weighted by Crippen LogP contribution is -2.49. The summed E-state index contributed by atoms with van der Waals surface area (Å²) in [6, 6.07) is 1.47. The lowest BCUT2D eigenvalue weighted by Gasteiger charge is -2.37. The fraction of sp³-hybridized carbons (Fsp3) is 1.00. The van der Waals surface area contributed by atoms with Crippen LogP contribution in [-0.4, -0.2) is 38.4 Å². The summed E-state index contributed by atoms with van der Waals surface area (Å²) in [6.45, 7) is 2.38. The highest BCUT2D eigenvalue weighted by Gasteiger charge is 2.30. The van der Waals surface area contributed by atoms with Gasteiger partial charge in [-0.15, -0.1) is 0 Å². The molecule has 3 nitrogen and oxygen atoms in total. The van der Waals surface area contributed by atoms with Crippen LogP contribution < -0.4 is 10.6 Å². The van der Waals surface area contributed by atoms with E-state index in [-0.39, 0.29) is 0 Å². The molecule has 0 bridgehead atoms. The molecule has 1 atom stereocenters. The molecule has 1 saturated carbocycles. The first-order chi connectivity index (χ1) is 6.88. The van der Waals surface area contributed by atoms with Gasteiger partial charge < -0.3 is 15.4 Å². The minimum Gasteiger partial charge on any atom is -0.381 e. The number of nitrogens with one attached hydrogen (secondary N) is 2. The lowest BCUT2D eigenvalue weighted by molar-refractivity contribution is 0.0138. The van der Waals surface area contributed by atoms with Crippen LogP contribution in [0.1, 0.15) is 32.1 Å². The van der Waals surface area contributed by atoms with E-state index in [4.69, 9.17) is 4.74 Å². The third-order valence-corrected chi connectivity index (χ3v) is 3.48. The normalized spacial score (nSPS) is 38.8. The van der Waals surface area contributed by atoms with E-state index in [2.05, 4.69) is 10.6 Å². The standard InChI is InChI=1S/C11H22N2O/c1-14-11-7-10(8-11)13-9-3-2-5-12-6-4-9/h9-13H,2-8H2,1H3. The molecule has 0 amide bonds. The van der Waals surface area contributed by atoms with Crippen molar-refractivity contribution < 1.29 is 4.74 Å². The Kier molecular flexibility index (Phi) is 3.79. The lowest BCUT2D eigenvalue weighted by atomic mass is 9.88. The highest BCUT2D eigenvalue weighted by Crippen LogP contribution is 2.23. The first-order valence-electron chi connectivity index (χ1n) is 5.88. The quantitative estimate of drug-likeness (QED) is 0.707. The van der Waals surface area contributed by atoms with Crippen LogP contribution in [0.2, 0.25) is 0 Å². The number of hydrogen-bond acceptors (Lipinski definition) is 3. The van der Waals surface area contributed by atoms with E-state index in [9.17, 15) is 0 Å². The van der Waals surface area contributed by atoms with Crippen LogP contribution in [0.3, 0.4) is 0 Å². The Hall–Kier alpha value is -0.120. The zero-order valence-electron chi connectivity index (χ0n) is 9.09. The molecular formula is C11H22N2O. The molecule has 0 aromatic rings. The summed E-state index contributed by atoms with van der Waals surface area (Å²) in [5.41, 5.74) is 0. The first kappa shape index (κ1) is 10.4. The molecule has 2 N–H and O–H groups in total. The van der Waals surface area contributed by atoms with Crippen molar-refractivity contribution in [3.05, 3.63) is 0 Å². The topological polar surface area (TPSA) is 33.3 Å². The summed E-state index contributed by atoms with van der Waals surface area (Å²) < 4.78 is 5.28. The van der Waals surface area contributed by atoms with E-state index < -0.39 is 0 Å². The fourth-order valence-corrected chi connectivity index (χ4v) is 2.41. The van der Waals surface area contributed by atoms with Crippen LogP contribution >= 0.6 is 0 Å². The van der Waals surface area contributed by atoms with Crippen LogP contribution in [0.5, 0.6) is 0 Å². The van der Waals surface area contributed by atoms with E-state index in [1.165, 1.54) is 45.2 Å². The second-order valence-electron chi connectivity index (χ2n) is 4.57. The summed E-state index contributed by atoms with van der Waals surface area (Å²) in [5, 5.41) is 7.18. The summed E-state index contributed by atoms with van der Waals surface area (Å²) in [7, 11) is 1.82. The van der Waals surface area contributed by atoms with Gasteiger partial charge in [-0.1, -0.05) is 0 Å². The van der Waals surface area contributed by atoms with Crippen molar-refractivity contribution in [1.82, 2.24) is 10.6 Å². The van der Waals surface area contributed by atoms with Crippen molar-refractivity contribution in [2.45, 2.75) is 50.3 Å². The summed E-state index contributed by atoms with van der Waals surface area (Å²) in [4.78, 5) is 0. The Morgan fingerprint density at radius 1 is 1.14 bits per heavy atom. The van der Waals surface area contributed by atoms with Gasteiger partial charge in [-0.3, -0.25) is 0 Å². The maximum absolute atomic E-state index is 5.28. The Labute approximate surface area is 86.6 Å². The maximum Gasteiger partial charge on any atom is 0.0601 e. The third-order valence-electron chi connectivity index (χ3n) is 3.48. The average molecular weight is 198 g/mol. The molecule has 14 heavy (non-hydrogen) atoms. The highest BCUT2D eigenvalue weighted by atomic mass is 16.5. The molecule has 0 spiro atoms. The van der Waals surface area contributed by atoms with Gasteiger partial charge >= 0.3 is 0 Å². The Bertz CT molecular complexity index is 161. The van der Waals surface area contributed by atoms with Gasteiger partial charge in [0, 0.05) is 19.2 Å². The van der Waals surface area contributed by atoms with Gasteiger partial charge in [0.25, 0.3) is 0 Å². The van der Waals surface area contributed by atoms with Gasteiger partial charge in [-0.05, 0) is 45.2 Å². The van der Waals surface area contributed by atoms with Crippen LogP contribution in [0.25, 0.3) is 0 Å². The number of methoxy groups -OCH3 is 1.